The zero-order valence-corrected chi connectivity index (χ0v) is 12.8. The van der Waals surface area contributed by atoms with E-state index in [1.807, 2.05) is 12.3 Å². The van der Waals surface area contributed by atoms with Gasteiger partial charge in [-0.1, -0.05) is 24.3 Å². The molecule has 21 heavy (non-hydrogen) atoms. The summed E-state index contributed by atoms with van der Waals surface area (Å²) >= 11 is 0. The van der Waals surface area contributed by atoms with Crippen molar-refractivity contribution in [3.8, 4) is 0 Å². The minimum atomic E-state index is 0.762. The second kappa shape index (κ2) is 4.96. The molecule has 1 aromatic heterocycles. The zero-order valence-electron chi connectivity index (χ0n) is 12.8. The summed E-state index contributed by atoms with van der Waals surface area (Å²) in [5, 5.41) is 1.26. The van der Waals surface area contributed by atoms with Gasteiger partial charge in [0.05, 0.1) is 5.52 Å². The van der Waals surface area contributed by atoms with Gasteiger partial charge in [0.2, 0.25) is 0 Å². The number of allylic oxidation sites excluding steroid dienone is 1. The van der Waals surface area contributed by atoms with Gasteiger partial charge in [0, 0.05) is 23.7 Å². The third kappa shape index (κ3) is 2.09. The first-order valence-electron chi connectivity index (χ1n) is 7.96. The zero-order chi connectivity index (χ0) is 14.4. The van der Waals surface area contributed by atoms with Crippen LogP contribution in [-0.2, 0) is 0 Å². The van der Waals surface area contributed by atoms with E-state index in [-0.39, 0.29) is 0 Å². The van der Waals surface area contributed by atoms with Crippen molar-refractivity contribution in [2.45, 2.75) is 19.3 Å². The summed E-state index contributed by atoms with van der Waals surface area (Å²) in [5.41, 5.74) is 5.86. The summed E-state index contributed by atoms with van der Waals surface area (Å²) in [6.45, 7) is 1.10. The van der Waals surface area contributed by atoms with E-state index in [9.17, 15) is 0 Å². The minimum absolute atomic E-state index is 0.762. The molecule has 2 nitrogen and oxygen atoms in total. The monoisotopic (exact) mass is 278 g/mol. The fraction of sp³-hybridized carbons (Fsp3) is 0.421. The van der Waals surface area contributed by atoms with Gasteiger partial charge in [0.25, 0.3) is 0 Å². The first kappa shape index (κ1) is 13.0. The van der Waals surface area contributed by atoms with Crippen LogP contribution in [0.25, 0.3) is 16.5 Å². The van der Waals surface area contributed by atoms with Crippen LogP contribution in [0.1, 0.15) is 24.8 Å². The van der Waals surface area contributed by atoms with Gasteiger partial charge in [-0.2, -0.15) is 0 Å². The number of para-hydroxylation sites is 1. The molecular formula is C19H22N2. The number of fused-ring (bicyclic) bond motifs is 3. The number of benzene rings is 1. The molecule has 1 saturated carbocycles. The normalized spacial score (nSPS) is 24.5. The molecule has 2 unspecified atom stereocenters. The Balaban J connectivity index is 1.91. The lowest BCUT2D eigenvalue weighted by Crippen LogP contribution is -2.19. The lowest BCUT2D eigenvalue weighted by Gasteiger charge is -2.23. The van der Waals surface area contributed by atoms with Crippen molar-refractivity contribution in [1.82, 2.24) is 9.88 Å². The smallest absolute Gasteiger partial charge is 0.0777 e. The molecule has 2 heteroatoms. The molecule has 0 aliphatic heterocycles. The number of nitrogens with zero attached hydrogens (tertiary/aromatic N) is 2. The summed E-state index contributed by atoms with van der Waals surface area (Å²) in [4.78, 5) is 6.99. The van der Waals surface area contributed by atoms with E-state index >= 15 is 0 Å². The Bertz CT molecular complexity index is 709. The van der Waals surface area contributed by atoms with Crippen molar-refractivity contribution in [3.05, 3.63) is 47.7 Å². The number of hydrogen-bond acceptors (Lipinski definition) is 2. The highest BCUT2D eigenvalue weighted by Crippen LogP contribution is 2.53. The van der Waals surface area contributed by atoms with Crippen molar-refractivity contribution in [3.63, 3.8) is 0 Å². The highest BCUT2D eigenvalue weighted by Gasteiger charge is 2.39. The molecule has 2 aliphatic rings. The number of rotatable bonds is 3. The maximum Gasteiger partial charge on any atom is 0.0777 e. The van der Waals surface area contributed by atoms with E-state index in [0.717, 1.165) is 18.4 Å². The van der Waals surface area contributed by atoms with Gasteiger partial charge >= 0.3 is 0 Å². The third-order valence-electron chi connectivity index (χ3n) is 5.09. The summed E-state index contributed by atoms with van der Waals surface area (Å²) in [7, 11) is 4.36. The molecule has 1 fully saturated rings. The van der Waals surface area contributed by atoms with Crippen LogP contribution in [0.3, 0.4) is 0 Å². The van der Waals surface area contributed by atoms with Crippen LogP contribution in [0, 0.1) is 11.8 Å². The molecule has 2 aromatic rings. The first-order valence-corrected chi connectivity index (χ1v) is 7.96. The van der Waals surface area contributed by atoms with Crippen LogP contribution in [0.2, 0.25) is 0 Å². The fourth-order valence-electron chi connectivity index (χ4n) is 4.31. The Morgan fingerprint density at radius 1 is 1.10 bits per heavy atom. The van der Waals surface area contributed by atoms with Gasteiger partial charge in [-0.15, -0.1) is 0 Å². The molecule has 2 atom stereocenters. The number of pyridine rings is 1. The second-order valence-corrected chi connectivity index (χ2v) is 6.76. The molecule has 2 aliphatic carbocycles. The van der Waals surface area contributed by atoms with Crippen LogP contribution >= 0.6 is 0 Å². The Hall–Kier alpha value is -1.67. The minimum Gasteiger partial charge on any atom is -0.305 e. The lowest BCUT2D eigenvalue weighted by atomic mass is 9.86. The van der Waals surface area contributed by atoms with E-state index < -0.39 is 0 Å². The quantitative estimate of drug-likeness (QED) is 0.844. The Morgan fingerprint density at radius 2 is 1.90 bits per heavy atom. The van der Waals surface area contributed by atoms with Crippen molar-refractivity contribution in [2.24, 2.45) is 11.8 Å². The van der Waals surface area contributed by atoms with Crippen molar-refractivity contribution >= 4 is 16.5 Å². The summed E-state index contributed by atoms with van der Waals surface area (Å²) in [6, 6.07) is 10.8. The first-order chi connectivity index (χ1) is 10.2. The van der Waals surface area contributed by atoms with Gasteiger partial charge in [-0.3, -0.25) is 4.98 Å². The maximum atomic E-state index is 4.68. The van der Waals surface area contributed by atoms with E-state index in [2.05, 4.69) is 48.2 Å². The molecular weight excluding hydrogens is 256 g/mol. The number of likely N-dealkylation sites (N-methyl/N-ethyl adjacent to an activating group) is 1. The molecule has 0 radical (unpaired) electrons. The third-order valence-corrected chi connectivity index (χ3v) is 5.09. The summed E-state index contributed by atoms with van der Waals surface area (Å²) in [6.07, 6.45) is 6.03. The highest BCUT2D eigenvalue weighted by atomic mass is 15.1. The molecule has 108 valence electrons. The highest BCUT2D eigenvalue weighted by molar-refractivity contribution is 5.93. The van der Waals surface area contributed by atoms with Crippen molar-refractivity contribution in [1.29, 1.82) is 0 Å². The molecule has 0 saturated heterocycles. The molecule has 0 amide bonds. The van der Waals surface area contributed by atoms with Gasteiger partial charge in [-0.25, -0.2) is 0 Å². The largest absolute Gasteiger partial charge is 0.305 e. The van der Waals surface area contributed by atoms with Crippen LogP contribution in [0.5, 0.6) is 0 Å². The molecule has 4 rings (SSSR count). The molecule has 0 spiro atoms. The van der Waals surface area contributed by atoms with Crippen LogP contribution < -0.4 is 0 Å². The van der Waals surface area contributed by atoms with Crippen LogP contribution in [0.15, 0.2) is 42.1 Å². The molecule has 1 heterocycles. The lowest BCUT2D eigenvalue weighted by molar-refractivity contribution is 0.423. The topological polar surface area (TPSA) is 16.1 Å². The number of aromatic nitrogens is 1. The predicted octanol–water partition coefficient (Wildman–Crippen LogP) is 3.98. The number of hydrogen-bond donors (Lipinski definition) is 0. The summed E-state index contributed by atoms with van der Waals surface area (Å²) < 4.78 is 0. The Labute approximate surface area is 126 Å². The maximum absolute atomic E-state index is 4.68. The van der Waals surface area contributed by atoms with Gasteiger partial charge in [-0.05, 0) is 62.4 Å². The van der Waals surface area contributed by atoms with Gasteiger partial charge < -0.3 is 4.90 Å². The van der Waals surface area contributed by atoms with Crippen molar-refractivity contribution in [2.75, 3.05) is 20.6 Å². The molecule has 0 N–H and O–H groups in total. The standard InChI is InChI=1S/C19H22N2/c1-21(2)12-17-14-8-9-15(11-14)18(17)16-7-3-5-13-6-4-10-20-19(13)16/h3-7,10,14-15H,8-9,11-12H2,1-2H3. The van der Waals surface area contributed by atoms with E-state index in [0.29, 0.717) is 0 Å². The van der Waals surface area contributed by atoms with Gasteiger partial charge in [0.15, 0.2) is 0 Å². The Kier molecular flexibility index (Phi) is 3.07. The predicted molar refractivity (Wildman–Crippen MR) is 88.0 cm³/mol. The fourth-order valence-corrected chi connectivity index (χ4v) is 4.31. The van der Waals surface area contributed by atoms with E-state index in [1.165, 1.54) is 35.7 Å². The average molecular weight is 278 g/mol. The van der Waals surface area contributed by atoms with E-state index in [4.69, 9.17) is 0 Å². The Morgan fingerprint density at radius 3 is 2.76 bits per heavy atom. The SMILES string of the molecule is CN(C)CC1=C(c2cccc3cccnc23)C2CCC1C2. The summed E-state index contributed by atoms with van der Waals surface area (Å²) in [5.74, 6) is 1.57. The average Bonchev–Trinajstić information content (AvgIpc) is 3.07. The van der Waals surface area contributed by atoms with Crippen molar-refractivity contribution < 1.29 is 0 Å². The van der Waals surface area contributed by atoms with Crippen LogP contribution in [0.4, 0.5) is 0 Å². The molecule has 2 bridgehead atoms. The van der Waals surface area contributed by atoms with E-state index in [1.54, 1.807) is 11.1 Å². The second-order valence-electron chi connectivity index (χ2n) is 6.76. The van der Waals surface area contributed by atoms with Crippen LogP contribution in [-0.4, -0.2) is 30.5 Å². The van der Waals surface area contributed by atoms with Gasteiger partial charge in [0.1, 0.15) is 0 Å². The molecule has 1 aromatic carbocycles.